The second-order valence-corrected chi connectivity index (χ2v) is 12.2. The minimum absolute atomic E-state index is 0.302. The van der Waals surface area contributed by atoms with Crippen LogP contribution in [0.5, 0.6) is 0 Å². The molecule has 2 aromatic carbocycles. The zero-order valence-electron chi connectivity index (χ0n) is 24.4. The predicted molar refractivity (Wildman–Crippen MR) is 167 cm³/mol. The maximum atomic E-state index is 6.47. The van der Waals surface area contributed by atoms with Crippen LogP contribution in [-0.2, 0) is 0 Å². The first kappa shape index (κ1) is 30.1. The number of hydrogen-bond acceptors (Lipinski definition) is 3. The van der Waals surface area contributed by atoms with Crippen molar-refractivity contribution in [3.8, 4) is 0 Å². The van der Waals surface area contributed by atoms with Gasteiger partial charge in [0.15, 0.2) is 0 Å². The van der Waals surface area contributed by atoms with Crippen LogP contribution in [0.2, 0.25) is 10.0 Å². The predicted octanol–water partition coefficient (Wildman–Crippen LogP) is 11.2. The monoisotopic (exact) mass is 549 g/mol. The van der Waals surface area contributed by atoms with Crippen molar-refractivity contribution in [3.05, 3.63) is 86.2 Å². The van der Waals surface area contributed by atoms with E-state index < -0.39 is 0 Å². The number of aromatic nitrogens is 1. The molecule has 5 heteroatoms. The molecule has 3 aromatic rings. The van der Waals surface area contributed by atoms with E-state index in [0.29, 0.717) is 23.7 Å². The highest BCUT2D eigenvalue weighted by Gasteiger charge is 2.18. The molecule has 0 saturated carbocycles. The summed E-state index contributed by atoms with van der Waals surface area (Å²) >= 11 is 12.9. The Bertz CT molecular complexity index is 1210. The highest BCUT2D eigenvalue weighted by molar-refractivity contribution is 6.31. The number of hydrogen-bond donors (Lipinski definition) is 0. The molecule has 0 spiro atoms. The highest BCUT2D eigenvalue weighted by atomic mass is 35.5. The lowest BCUT2D eigenvalue weighted by Gasteiger charge is -2.18. The summed E-state index contributed by atoms with van der Waals surface area (Å²) in [5.41, 5.74) is 10.0. The van der Waals surface area contributed by atoms with E-state index in [4.69, 9.17) is 38.2 Å². The third kappa shape index (κ3) is 6.93. The van der Waals surface area contributed by atoms with Gasteiger partial charge in [0.2, 0.25) is 0 Å². The van der Waals surface area contributed by atoms with E-state index >= 15 is 0 Å². The zero-order chi connectivity index (χ0) is 28.3. The maximum absolute atomic E-state index is 6.47. The van der Waals surface area contributed by atoms with Crippen molar-refractivity contribution >= 4 is 46.0 Å². The van der Waals surface area contributed by atoms with Crippen LogP contribution in [0, 0.1) is 0 Å². The molecule has 3 nitrogen and oxygen atoms in total. The molecule has 0 saturated heterocycles. The smallest absolute Gasteiger partial charge is 0.0849 e. The van der Waals surface area contributed by atoms with Crippen molar-refractivity contribution in [1.29, 1.82) is 0 Å². The second kappa shape index (κ2) is 12.6. The fourth-order valence-corrected chi connectivity index (χ4v) is 5.06. The van der Waals surface area contributed by atoms with Gasteiger partial charge in [-0.25, -0.2) is 4.98 Å². The van der Waals surface area contributed by atoms with Crippen molar-refractivity contribution in [2.45, 2.75) is 92.9 Å². The van der Waals surface area contributed by atoms with Crippen LogP contribution in [0.15, 0.2) is 52.4 Å². The topological polar surface area (TPSA) is 37.6 Å². The number of pyridine rings is 1. The van der Waals surface area contributed by atoms with Gasteiger partial charge in [0.25, 0.3) is 0 Å². The van der Waals surface area contributed by atoms with Gasteiger partial charge in [-0.05, 0) is 96.2 Å². The standard InChI is InChI=1S/C33H41Cl2N3/c1-18(2)26-14-24(34)15-27(19(3)4)32(26)36-22(9)30-12-11-13-31(38-30)23(10)37-33-28(20(5)6)16-25(35)17-29(33)21(7)8/h11-21H,1-10H3. The van der Waals surface area contributed by atoms with Crippen LogP contribution in [0.3, 0.4) is 0 Å². The quantitative estimate of drug-likeness (QED) is 0.257. The molecule has 38 heavy (non-hydrogen) atoms. The van der Waals surface area contributed by atoms with Crippen molar-refractivity contribution in [2.24, 2.45) is 9.98 Å². The molecule has 0 N–H and O–H groups in total. The molecule has 0 unspecified atom stereocenters. The Kier molecular flexibility index (Phi) is 9.95. The Morgan fingerprint density at radius 2 is 0.868 bits per heavy atom. The largest absolute Gasteiger partial charge is 0.251 e. The first-order chi connectivity index (χ1) is 17.8. The lowest BCUT2D eigenvalue weighted by molar-refractivity contribution is 0.834. The van der Waals surface area contributed by atoms with Crippen molar-refractivity contribution in [3.63, 3.8) is 0 Å². The number of nitrogens with zero attached hydrogens (tertiary/aromatic N) is 3. The normalized spacial score (nSPS) is 12.9. The summed E-state index contributed by atoms with van der Waals surface area (Å²) in [6.45, 7) is 21.5. The average Bonchev–Trinajstić information content (AvgIpc) is 2.84. The van der Waals surface area contributed by atoms with E-state index in [1.54, 1.807) is 0 Å². The molecule has 0 atom stereocenters. The Labute approximate surface area is 239 Å². The van der Waals surface area contributed by atoms with E-state index in [1.165, 1.54) is 0 Å². The minimum Gasteiger partial charge on any atom is -0.251 e. The van der Waals surface area contributed by atoms with Gasteiger partial charge in [-0.15, -0.1) is 0 Å². The minimum atomic E-state index is 0.302. The molecule has 0 aliphatic carbocycles. The Morgan fingerprint density at radius 3 is 1.13 bits per heavy atom. The van der Waals surface area contributed by atoms with E-state index in [0.717, 1.165) is 66.5 Å². The van der Waals surface area contributed by atoms with Gasteiger partial charge < -0.3 is 0 Å². The number of rotatable bonds is 8. The Hall–Kier alpha value is -2.49. The van der Waals surface area contributed by atoms with Crippen molar-refractivity contribution < 1.29 is 0 Å². The lowest BCUT2D eigenvalue weighted by atomic mass is 9.92. The van der Waals surface area contributed by atoms with Gasteiger partial charge in [0, 0.05) is 10.0 Å². The molecule has 0 amide bonds. The second-order valence-electron chi connectivity index (χ2n) is 11.3. The SMILES string of the molecule is CC(=Nc1c(C(C)C)cc(Cl)cc1C(C)C)c1cccc(C(C)=Nc2c(C(C)C)cc(Cl)cc2C(C)C)n1. The third-order valence-corrected chi connectivity index (χ3v) is 7.24. The first-order valence-corrected chi connectivity index (χ1v) is 14.3. The average molecular weight is 551 g/mol. The number of halogens is 2. The molecule has 0 aliphatic rings. The fraction of sp³-hybridized carbons (Fsp3) is 0.424. The van der Waals surface area contributed by atoms with Gasteiger partial charge >= 0.3 is 0 Å². The number of aliphatic imine (C=N–C) groups is 2. The Balaban J connectivity index is 2.12. The van der Waals surface area contributed by atoms with Crippen molar-refractivity contribution in [2.75, 3.05) is 0 Å². The summed E-state index contributed by atoms with van der Waals surface area (Å²) < 4.78 is 0. The summed E-state index contributed by atoms with van der Waals surface area (Å²) in [4.78, 5) is 15.2. The van der Waals surface area contributed by atoms with Gasteiger partial charge in [-0.3, -0.25) is 9.98 Å². The number of benzene rings is 2. The van der Waals surface area contributed by atoms with Crippen LogP contribution in [0.4, 0.5) is 11.4 Å². The summed E-state index contributed by atoms with van der Waals surface area (Å²) in [6, 6.07) is 14.2. The molecular weight excluding hydrogens is 509 g/mol. The van der Waals surface area contributed by atoms with Crippen LogP contribution < -0.4 is 0 Å². The van der Waals surface area contributed by atoms with E-state index in [2.05, 4.69) is 55.4 Å². The van der Waals surface area contributed by atoms with Crippen LogP contribution in [-0.4, -0.2) is 16.4 Å². The van der Waals surface area contributed by atoms with Gasteiger partial charge in [-0.1, -0.05) is 84.7 Å². The van der Waals surface area contributed by atoms with E-state index in [-0.39, 0.29) is 0 Å². The van der Waals surface area contributed by atoms with Gasteiger partial charge in [-0.2, -0.15) is 0 Å². The summed E-state index contributed by atoms with van der Waals surface area (Å²) in [5, 5.41) is 1.51. The molecule has 0 aliphatic heterocycles. The highest BCUT2D eigenvalue weighted by Crippen LogP contribution is 2.39. The Morgan fingerprint density at radius 1 is 0.579 bits per heavy atom. The molecule has 0 fully saturated rings. The van der Waals surface area contributed by atoms with Crippen molar-refractivity contribution in [1.82, 2.24) is 4.98 Å². The zero-order valence-corrected chi connectivity index (χ0v) is 26.0. The molecule has 3 rings (SSSR count). The molecular formula is C33H41Cl2N3. The van der Waals surface area contributed by atoms with Crippen LogP contribution >= 0.6 is 23.2 Å². The van der Waals surface area contributed by atoms with Crippen LogP contribution in [0.1, 0.15) is 127 Å². The molecule has 202 valence electrons. The molecule has 0 bridgehead atoms. The summed E-state index contributed by atoms with van der Waals surface area (Å²) in [7, 11) is 0. The molecule has 1 aromatic heterocycles. The van der Waals surface area contributed by atoms with E-state index in [9.17, 15) is 0 Å². The maximum Gasteiger partial charge on any atom is 0.0849 e. The fourth-order valence-electron chi connectivity index (χ4n) is 4.59. The molecule has 1 heterocycles. The van der Waals surface area contributed by atoms with Gasteiger partial charge in [0.1, 0.15) is 0 Å². The first-order valence-electron chi connectivity index (χ1n) is 13.5. The molecule has 0 radical (unpaired) electrons. The van der Waals surface area contributed by atoms with Crippen LogP contribution in [0.25, 0.3) is 0 Å². The summed E-state index contributed by atoms with van der Waals surface area (Å²) in [5.74, 6) is 1.21. The lowest BCUT2D eigenvalue weighted by Crippen LogP contribution is -2.06. The van der Waals surface area contributed by atoms with E-state index in [1.807, 2.05) is 56.3 Å². The third-order valence-electron chi connectivity index (χ3n) is 6.80. The van der Waals surface area contributed by atoms with Gasteiger partial charge in [0.05, 0.1) is 34.2 Å². The summed E-state index contributed by atoms with van der Waals surface area (Å²) in [6.07, 6.45) is 0.